The molecule has 0 saturated carbocycles. The Balaban J connectivity index is 2.52. The fourth-order valence-corrected chi connectivity index (χ4v) is 0.992. The molecular weight excluding hydrogens is 172 g/mol. The molecular formula is C8H6N2O3. The second-order valence-electron chi connectivity index (χ2n) is 2.47. The van der Waals surface area contributed by atoms with Crippen molar-refractivity contribution in [1.29, 1.82) is 0 Å². The molecule has 2 N–H and O–H groups in total. The highest BCUT2D eigenvalue weighted by molar-refractivity contribution is 5.54. The Morgan fingerprint density at radius 2 is 2.31 bits per heavy atom. The number of hydrogen-bond acceptors (Lipinski definition) is 4. The maximum atomic E-state index is 10.6. The highest BCUT2D eigenvalue weighted by Gasteiger charge is 2.04. The zero-order valence-corrected chi connectivity index (χ0v) is 6.52. The van der Waals surface area contributed by atoms with E-state index in [2.05, 4.69) is 10.2 Å². The van der Waals surface area contributed by atoms with Gasteiger partial charge in [-0.1, -0.05) is 6.07 Å². The van der Waals surface area contributed by atoms with E-state index in [-0.39, 0.29) is 11.6 Å². The Labute approximate surface area is 72.6 Å². The van der Waals surface area contributed by atoms with Crippen molar-refractivity contribution < 1.29 is 9.52 Å². The summed E-state index contributed by atoms with van der Waals surface area (Å²) in [6.07, 6.45) is 0. The lowest BCUT2D eigenvalue weighted by molar-refractivity contribution is 0.474. The number of aromatic nitrogens is 2. The van der Waals surface area contributed by atoms with Crippen molar-refractivity contribution in [2.45, 2.75) is 0 Å². The summed E-state index contributed by atoms with van der Waals surface area (Å²) in [6.45, 7) is 0. The van der Waals surface area contributed by atoms with Crippen molar-refractivity contribution >= 4 is 0 Å². The Kier molecular flexibility index (Phi) is 1.63. The smallest absolute Gasteiger partial charge is 0.434 e. The first kappa shape index (κ1) is 7.60. The molecule has 0 atom stereocenters. The molecule has 0 amide bonds. The first-order chi connectivity index (χ1) is 6.25. The van der Waals surface area contributed by atoms with Crippen LogP contribution in [-0.4, -0.2) is 15.3 Å². The minimum absolute atomic E-state index is 0.100. The number of phenolic OH excluding ortho intramolecular Hbond substituents is 1. The molecule has 0 bridgehead atoms. The van der Waals surface area contributed by atoms with Crippen LogP contribution in [0.2, 0.25) is 0 Å². The molecule has 66 valence electrons. The van der Waals surface area contributed by atoms with Crippen molar-refractivity contribution in [3.8, 4) is 17.2 Å². The van der Waals surface area contributed by atoms with Gasteiger partial charge in [0.15, 0.2) is 0 Å². The van der Waals surface area contributed by atoms with E-state index in [1.807, 2.05) is 0 Å². The van der Waals surface area contributed by atoms with Crippen LogP contribution in [0.1, 0.15) is 0 Å². The van der Waals surface area contributed by atoms with Gasteiger partial charge in [0.1, 0.15) is 5.75 Å². The topological polar surface area (TPSA) is 79.1 Å². The van der Waals surface area contributed by atoms with Crippen molar-refractivity contribution in [1.82, 2.24) is 10.2 Å². The van der Waals surface area contributed by atoms with Crippen LogP contribution in [0.15, 0.2) is 33.5 Å². The minimum Gasteiger partial charge on any atom is -0.508 e. The third-order valence-electron chi connectivity index (χ3n) is 1.53. The van der Waals surface area contributed by atoms with Crippen molar-refractivity contribution in [2.75, 3.05) is 0 Å². The van der Waals surface area contributed by atoms with Gasteiger partial charge in [0.25, 0.3) is 0 Å². The Bertz CT molecular complexity index is 472. The number of nitrogens with one attached hydrogen (secondary N) is 1. The predicted octanol–water partition coefficient (Wildman–Crippen LogP) is 0.735. The summed E-state index contributed by atoms with van der Waals surface area (Å²) in [5.74, 6) is -0.345. The summed E-state index contributed by atoms with van der Waals surface area (Å²) in [7, 11) is 0. The van der Waals surface area contributed by atoms with Crippen molar-refractivity contribution in [3.05, 3.63) is 34.8 Å². The fourth-order valence-electron chi connectivity index (χ4n) is 0.992. The van der Waals surface area contributed by atoms with E-state index in [0.717, 1.165) is 0 Å². The third-order valence-corrected chi connectivity index (χ3v) is 1.53. The van der Waals surface area contributed by atoms with E-state index in [1.54, 1.807) is 12.1 Å². The minimum atomic E-state index is -0.613. The van der Waals surface area contributed by atoms with Gasteiger partial charge in [-0.05, 0) is 18.2 Å². The predicted molar refractivity (Wildman–Crippen MR) is 44.2 cm³/mol. The molecule has 2 aromatic rings. The molecule has 0 aliphatic heterocycles. The summed E-state index contributed by atoms with van der Waals surface area (Å²) in [4.78, 5) is 10.6. The second-order valence-corrected chi connectivity index (χ2v) is 2.47. The fraction of sp³-hybridized carbons (Fsp3) is 0. The summed E-state index contributed by atoms with van der Waals surface area (Å²) in [5.41, 5.74) is 0.554. The molecule has 0 aliphatic carbocycles. The highest BCUT2D eigenvalue weighted by Crippen LogP contribution is 2.19. The molecule has 2 rings (SSSR count). The summed E-state index contributed by atoms with van der Waals surface area (Å²) >= 11 is 0. The van der Waals surface area contributed by atoms with Crippen LogP contribution in [0, 0.1) is 0 Å². The van der Waals surface area contributed by atoms with Gasteiger partial charge in [0, 0.05) is 5.56 Å². The van der Waals surface area contributed by atoms with E-state index in [9.17, 15) is 4.79 Å². The van der Waals surface area contributed by atoms with Crippen LogP contribution in [-0.2, 0) is 0 Å². The van der Waals surface area contributed by atoms with Gasteiger partial charge in [-0.25, -0.2) is 9.89 Å². The maximum absolute atomic E-state index is 10.6. The van der Waals surface area contributed by atoms with Crippen LogP contribution in [0.3, 0.4) is 0 Å². The van der Waals surface area contributed by atoms with Gasteiger partial charge >= 0.3 is 5.76 Å². The number of aromatic amines is 1. The van der Waals surface area contributed by atoms with Crippen LogP contribution in [0.4, 0.5) is 0 Å². The van der Waals surface area contributed by atoms with E-state index in [4.69, 9.17) is 9.52 Å². The number of benzene rings is 1. The number of hydrogen-bond donors (Lipinski definition) is 2. The first-order valence-corrected chi connectivity index (χ1v) is 3.60. The standard InChI is InChI=1S/C8H6N2O3/c11-6-3-1-2-5(4-6)7-9-10-8(12)13-7/h1-4,11H,(H,10,12). The van der Waals surface area contributed by atoms with Gasteiger partial charge in [0.05, 0.1) is 0 Å². The normalized spacial score (nSPS) is 10.2. The highest BCUT2D eigenvalue weighted by atomic mass is 16.4. The zero-order valence-electron chi connectivity index (χ0n) is 6.52. The second kappa shape index (κ2) is 2.78. The third kappa shape index (κ3) is 1.44. The quantitative estimate of drug-likeness (QED) is 0.674. The van der Waals surface area contributed by atoms with Gasteiger partial charge in [-0.2, -0.15) is 0 Å². The van der Waals surface area contributed by atoms with E-state index >= 15 is 0 Å². The van der Waals surface area contributed by atoms with Crippen LogP contribution < -0.4 is 5.76 Å². The molecule has 13 heavy (non-hydrogen) atoms. The molecule has 0 fully saturated rings. The molecule has 5 nitrogen and oxygen atoms in total. The molecule has 0 saturated heterocycles. The number of aromatic hydroxyl groups is 1. The van der Waals surface area contributed by atoms with Crippen molar-refractivity contribution in [3.63, 3.8) is 0 Å². The van der Waals surface area contributed by atoms with Gasteiger partial charge in [0.2, 0.25) is 5.89 Å². The molecule has 0 spiro atoms. The lowest BCUT2D eigenvalue weighted by atomic mass is 10.2. The van der Waals surface area contributed by atoms with Crippen LogP contribution in [0.5, 0.6) is 5.75 Å². The number of rotatable bonds is 1. The molecule has 0 aliphatic rings. The Morgan fingerprint density at radius 1 is 1.46 bits per heavy atom. The van der Waals surface area contributed by atoms with Gasteiger partial charge < -0.3 is 9.52 Å². The lowest BCUT2D eigenvalue weighted by Gasteiger charge is -1.93. The van der Waals surface area contributed by atoms with Crippen LogP contribution >= 0.6 is 0 Å². The first-order valence-electron chi connectivity index (χ1n) is 3.60. The average molecular weight is 178 g/mol. The Hall–Kier alpha value is -2.04. The van der Waals surface area contributed by atoms with E-state index < -0.39 is 5.76 Å². The van der Waals surface area contributed by atoms with E-state index in [0.29, 0.717) is 5.56 Å². The van der Waals surface area contributed by atoms with Gasteiger partial charge in [-0.15, -0.1) is 5.10 Å². The number of H-pyrrole nitrogens is 1. The maximum Gasteiger partial charge on any atom is 0.434 e. The molecule has 5 heteroatoms. The number of phenols is 1. The molecule has 1 heterocycles. The molecule has 0 radical (unpaired) electrons. The SMILES string of the molecule is O=c1[nH]nc(-c2cccc(O)c2)o1. The summed E-state index contributed by atoms with van der Waals surface area (Å²) in [6, 6.07) is 6.30. The molecule has 1 aromatic heterocycles. The summed E-state index contributed by atoms with van der Waals surface area (Å²) < 4.78 is 4.69. The number of nitrogens with zero attached hydrogens (tertiary/aromatic N) is 1. The van der Waals surface area contributed by atoms with E-state index in [1.165, 1.54) is 12.1 Å². The van der Waals surface area contributed by atoms with Crippen molar-refractivity contribution in [2.24, 2.45) is 0 Å². The van der Waals surface area contributed by atoms with Gasteiger partial charge in [-0.3, -0.25) is 0 Å². The molecule has 0 unspecified atom stereocenters. The average Bonchev–Trinajstić information content (AvgIpc) is 2.52. The zero-order chi connectivity index (χ0) is 9.26. The monoisotopic (exact) mass is 178 g/mol. The Morgan fingerprint density at radius 3 is 2.92 bits per heavy atom. The largest absolute Gasteiger partial charge is 0.508 e. The van der Waals surface area contributed by atoms with Crippen LogP contribution in [0.25, 0.3) is 11.5 Å². The lowest BCUT2D eigenvalue weighted by Crippen LogP contribution is -1.93. The summed E-state index contributed by atoms with van der Waals surface area (Å²) in [5, 5.41) is 14.9. The molecule has 1 aromatic carbocycles.